The molecule has 5 rings (SSSR count). The van der Waals surface area contributed by atoms with Gasteiger partial charge in [0.05, 0.1) is 22.7 Å². The van der Waals surface area contributed by atoms with Crippen LogP contribution in [0.3, 0.4) is 0 Å². The number of aromatic amines is 1. The minimum Gasteiger partial charge on any atom is -0.463 e. The summed E-state index contributed by atoms with van der Waals surface area (Å²) < 4.78 is 12.1. The number of hydrogen-bond donors (Lipinski definition) is 2. The van der Waals surface area contributed by atoms with Gasteiger partial charge in [0.15, 0.2) is 21.8 Å². The summed E-state index contributed by atoms with van der Waals surface area (Å²) in [6.07, 6.45) is 3.56. The van der Waals surface area contributed by atoms with Crippen molar-refractivity contribution in [1.82, 2.24) is 15.0 Å². The van der Waals surface area contributed by atoms with Crippen LogP contribution in [0.15, 0.2) is 75.0 Å². The molecule has 0 bridgehead atoms. The van der Waals surface area contributed by atoms with Crippen LogP contribution in [-0.4, -0.2) is 26.6 Å². The Hall–Kier alpha value is -3.30. The van der Waals surface area contributed by atoms with Gasteiger partial charge in [-0.1, -0.05) is 35.2 Å². The van der Waals surface area contributed by atoms with Gasteiger partial charge in [-0.15, -0.1) is 0 Å². The molecule has 0 radical (unpaired) electrons. The molecule has 7 nitrogen and oxygen atoms in total. The number of H-pyrrole nitrogens is 1. The van der Waals surface area contributed by atoms with Crippen molar-refractivity contribution < 1.29 is 13.6 Å². The van der Waals surface area contributed by atoms with E-state index in [1.807, 2.05) is 48.5 Å². The van der Waals surface area contributed by atoms with Crippen molar-refractivity contribution in [3.63, 3.8) is 0 Å². The van der Waals surface area contributed by atoms with Gasteiger partial charge in [0.2, 0.25) is 5.91 Å². The van der Waals surface area contributed by atoms with Crippen LogP contribution in [0.25, 0.3) is 33.1 Å². The van der Waals surface area contributed by atoms with Crippen LogP contribution in [0.1, 0.15) is 6.42 Å². The van der Waals surface area contributed by atoms with Crippen LogP contribution in [-0.2, 0) is 4.79 Å². The molecule has 5 aromatic rings. The average molecular weight is 437 g/mol. The second-order valence-electron chi connectivity index (χ2n) is 6.35. The fourth-order valence-corrected chi connectivity index (χ4v) is 4.65. The minimum atomic E-state index is -0.0781. The van der Waals surface area contributed by atoms with E-state index in [1.165, 1.54) is 23.1 Å². The van der Waals surface area contributed by atoms with E-state index >= 15 is 0 Å². The highest BCUT2D eigenvalue weighted by Crippen LogP contribution is 2.33. The first-order valence-electron chi connectivity index (χ1n) is 9.22. The summed E-state index contributed by atoms with van der Waals surface area (Å²) in [5.41, 5.74) is 2.31. The Morgan fingerprint density at radius 3 is 2.60 bits per heavy atom. The van der Waals surface area contributed by atoms with Crippen LogP contribution < -0.4 is 5.32 Å². The molecule has 0 aliphatic heterocycles. The average Bonchev–Trinajstić information content (AvgIpc) is 3.53. The van der Waals surface area contributed by atoms with E-state index in [9.17, 15) is 4.79 Å². The number of imidazole rings is 1. The molecule has 0 saturated carbocycles. The lowest BCUT2D eigenvalue weighted by Gasteiger charge is -2.00. The molecule has 0 aliphatic carbocycles. The molecule has 0 aliphatic rings. The Balaban J connectivity index is 1.24. The number of aromatic nitrogens is 3. The van der Waals surface area contributed by atoms with Crippen molar-refractivity contribution in [2.75, 3.05) is 11.1 Å². The minimum absolute atomic E-state index is 0.0781. The number of thiazole rings is 1. The molecule has 150 valence electrons. The van der Waals surface area contributed by atoms with Crippen LogP contribution in [0.5, 0.6) is 0 Å². The predicted molar refractivity (Wildman–Crippen MR) is 118 cm³/mol. The Morgan fingerprint density at radius 2 is 1.83 bits per heavy atom. The van der Waals surface area contributed by atoms with Gasteiger partial charge in [-0.3, -0.25) is 4.79 Å². The number of fused-ring (bicyclic) bond motifs is 1. The Kier molecular flexibility index (Phi) is 5.12. The van der Waals surface area contributed by atoms with Crippen LogP contribution in [0.2, 0.25) is 0 Å². The topological polar surface area (TPSA) is 97.0 Å². The number of para-hydroxylation sites is 1. The quantitative estimate of drug-likeness (QED) is 0.320. The molecular formula is C21H16N4O3S2. The highest BCUT2D eigenvalue weighted by atomic mass is 32.2. The van der Waals surface area contributed by atoms with E-state index in [2.05, 4.69) is 20.3 Å². The summed E-state index contributed by atoms with van der Waals surface area (Å²) in [7, 11) is 0. The summed E-state index contributed by atoms with van der Waals surface area (Å²) in [5, 5.41) is 4.18. The molecule has 9 heteroatoms. The molecular weight excluding hydrogens is 420 g/mol. The van der Waals surface area contributed by atoms with Crippen LogP contribution in [0.4, 0.5) is 5.13 Å². The lowest BCUT2D eigenvalue weighted by atomic mass is 10.2. The van der Waals surface area contributed by atoms with Gasteiger partial charge >= 0.3 is 0 Å². The van der Waals surface area contributed by atoms with Gasteiger partial charge in [0, 0.05) is 12.2 Å². The first kappa shape index (κ1) is 18.7. The van der Waals surface area contributed by atoms with E-state index in [4.69, 9.17) is 8.83 Å². The van der Waals surface area contributed by atoms with Crippen molar-refractivity contribution in [2.45, 2.75) is 11.6 Å². The van der Waals surface area contributed by atoms with Gasteiger partial charge in [-0.05, 0) is 36.4 Å². The van der Waals surface area contributed by atoms with E-state index in [-0.39, 0.29) is 5.91 Å². The maximum absolute atomic E-state index is 12.3. The molecule has 0 spiro atoms. The molecule has 0 unspecified atom stereocenters. The number of amides is 1. The van der Waals surface area contributed by atoms with Crippen LogP contribution >= 0.6 is 23.1 Å². The van der Waals surface area contributed by atoms with Crippen molar-refractivity contribution in [3.05, 3.63) is 61.1 Å². The molecule has 4 aromatic heterocycles. The lowest BCUT2D eigenvalue weighted by molar-refractivity contribution is -0.115. The third-order valence-electron chi connectivity index (χ3n) is 4.31. The summed E-state index contributed by atoms with van der Waals surface area (Å²) in [6, 6.07) is 15.2. The molecule has 4 heterocycles. The number of benzene rings is 1. The van der Waals surface area contributed by atoms with E-state index < -0.39 is 0 Å². The monoisotopic (exact) mass is 436 g/mol. The number of nitrogens with zero attached hydrogens (tertiary/aromatic N) is 2. The van der Waals surface area contributed by atoms with Crippen molar-refractivity contribution in [2.24, 2.45) is 0 Å². The van der Waals surface area contributed by atoms with E-state index in [0.29, 0.717) is 39.7 Å². The Bertz CT molecular complexity index is 1190. The van der Waals surface area contributed by atoms with Gasteiger partial charge in [0.25, 0.3) is 0 Å². The zero-order chi connectivity index (χ0) is 20.3. The fraction of sp³-hybridized carbons (Fsp3) is 0.0952. The normalized spacial score (nSPS) is 11.2. The lowest BCUT2D eigenvalue weighted by Crippen LogP contribution is -2.11. The zero-order valence-corrected chi connectivity index (χ0v) is 17.3. The van der Waals surface area contributed by atoms with E-state index in [0.717, 1.165) is 15.9 Å². The highest BCUT2D eigenvalue weighted by molar-refractivity contribution is 7.99. The van der Waals surface area contributed by atoms with Gasteiger partial charge in [-0.25, -0.2) is 9.97 Å². The maximum Gasteiger partial charge on any atom is 0.226 e. The Labute approximate surface area is 179 Å². The predicted octanol–water partition coefficient (Wildman–Crippen LogP) is 5.66. The third-order valence-corrected chi connectivity index (χ3v) is 6.14. The molecule has 2 N–H and O–H groups in total. The molecule has 30 heavy (non-hydrogen) atoms. The summed E-state index contributed by atoms with van der Waals surface area (Å²) in [6.45, 7) is 0. The second kappa shape index (κ2) is 8.21. The first-order chi connectivity index (χ1) is 14.8. The van der Waals surface area contributed by atoms with Crippen molar-refractivity contribution >= 4 is 44.4 Å². The maximum atomic E-state index is 12.3. The van der Waals surface area contributed by atoms with Crippen molar-refractivity contribution in [1.29, 1.82) is 0 Å². The molecule has 1 aromatic carbocycles. The smallest absolute Gasteiger partial charge is 0.226 e. The van der Waals surface area contributed by atoms with Crippen molar-refractivity contribution in [3.8, 4) is 22.9 Å². The SMILES string of the molecule is O=C(CCSc1nc(-c2ccco2)c(-c2ccco2)[nH]1)Nc1nc2ccccc2s1. The second-order valence-corrected chi connectivity index (χ2v) is 8.47. The van der Waals surface area contributed by atoms with E-state index in [1.54, 1.807) is 12.5 Å². The molecule has 0 atom stereocenters. The highest BCUT2D eigenvalue weighted by Gasteiger charge is 2.18. The summed E-state index contributed by atoms with van der Waals surface area (Å²) >= 11 is 2.93. The number of anilines is 1. The molecule has 1 amide bonds. The number of carbonyl (C=O) groups excluding carboxylic acids is 1. The first-order valence-corrected chi connectivity index (χ1v) is 11.0. The molecule has 0 fully saturated rings. The third kappa shape index (κ3) is 3.89. The number of furan rings is 2. The number of carbonyl (C=O) groups is 1. The standard InChI is InChI=1S/C21H16N4O3S2/c26-17(23-21-22-13-5-1-2-8-16(13)30-21)9-12-29-20-24-18(14-6-3-10-27-14)19(25-20)15-7-4-11-28-15/h1-8,10-11H,9,12H2,(H,24,25)(H,22,23,26). The van der Waals surface area contributed by atoms with Gasteiger partial charge < -0.3 is 19.1 Å². The van der Waals surface area contributed by atoms with Gasteiger partial charge in [0.1, 0.15) is 11.4 Å². The fourth-order valence-electron chi connectivity index (χ4n) is 2.96. The number of hydrogen-bond acceptors (Lipinski definition) is 7. The van der Waals surface area contributed by atoms with Gasteiger partial charge in [-0.2, -0.15) is 0 Å². The molecule has 0 saturated heterocycles. The summed E-state index contributed by atoms with van der Waals surface area (Å²) in [5.74, 6) is 1.82. The Morgan fingerprint density at radius 1 is 1.03 bits per heavy atom. The number of thioether (sulfide) groups is 1. The number of nitrogens with one attached hydrogen (secondary N) is 2. The largest absolute Gasteiger partial charge is 0.463 e. The summed E-state index contributed by atoms with van der Waals surface area (Å²) in [4.78, 5) is 24.6. The zero-order valence-electron chi connectivity index (χ0n) is 15.6. The van der Waals surface area contributed by atoms with Crippen LogP contribution in [0, 0.1) is 0 Å². The number of rotatable bonds is 7.